The van der Waals surface area contributed by atoms with Gasteiger partial charge in [-0.2, -0.15) is 0 Å². The second-order valence-corrected chi connectivity index (χ2v) is 3.76. The first-order chi connectivity index (χ1) is 7.99. The number of ketones is 1. The van der Waals surface area contributed by atoms with Crippen LogP contribution in [0.5, 0.6) is 0 Å². The SMILES string of the molecule is O=C(C(O)C1C=CCO1)[C@@H](O)[C@H](O)[C@H](O)CO. The molecule has 2 unspecified atom stereocenters. The Morgan fingerprint density at radius 1 is 1.35 bits per heavy atom. The minimum Gasteiger partial charge on any atom is -0.394 e. The molecule has 0 saturated carbocycles. The lowest BCUT2D eigenvalue weighted by molar-refractivity contribution is -0.153. The average molecular weight is 248 g/mol. The summed E-state index contributed by atoms with van der Waals surface area (Å²) in [5.41, 5.74) is 0. The van der Waals surface area contributed by atoms with Gasteiger partial charge in [0.15, 0.2) is 5.78 Å². The van der Waals surface area contributed by atoms with Gasteiger partial charge in [0.05, 0.1) is 13.2 Å². The number of hydrogen-bond acceptors (Lipinski definition) is 7. The molecule has 0 aromatic rings. The molecule has 5 N–H and O–H groups in total. The summed E-state index contributed by atoms with van der Waals surface area (Å²) < 4.78 is 4.97. The third kappa shape index (κ3) is 3.32. The van der Waals surface area contributed by atoms with Crippen LogP contribution >= 0.6 is 0 Å². The number of rotatable bonds is 6. The van der Waals surface area contributed by atoms with Crippen LogP contribution in [-0.4, -0.2) is 75.0 Å². The van der Waals surface area contributed by atoms with Crippen LogP contribution in [0, 0.1) is 0 Å². The Morgan fingerprint density at radius 3 is 2.47 bits per heavy atom. The van der Waals surface area contributed by atoms with Gasteiger partial charge in [-0.15, -0.1) is 0 Å². The average Bonchev–Trinajstić information content (AvgIpc) is 2.87. The van der Waals surface area contributed by atoms with E-state index in [0.29, 0.717) is 0 Å². The van der Waals surface area contributed by atoms with E-state index in [0.717, 1.165) is 0 Å². The zero-order valence-corrected chi connectivity index (χ0v) is 9.01. The van der Waals surface area contributed by atoms with Crippen LogP contribution in [0.25, 0.3) is 0 Å². The van der Waals surface area contributed by atoms with Crippen LogP contribution in [-0.2, 0) is 9.53 Å². The number of aliphatic hydroxyl groups is 5. The predicted molar refractivity (Wildman–Crippen MR) is 55.0 cm³/mol. The summed E-state index contributed by atoms with van der Waals surface area (Å²) in [7, 11) is 0. The lowest BCUT2D eigenvalue weighted by Gasteiger charge is -2.24. The fourth-order valence-electron chi connectivity index (χ4n) is 1.43. The quantitative estimate of drug-likeness (QED) is 0.316. The molecule has 7 nitrogen and oxygen atoms in total. The van der Waals surface area contributed by atoms with Crippen molar-refractivity contribution in [3.8, 4) is 0 Å². The van der Waals surface area contributed by atoms with Crippen molar-refractivity contribution in [2.24, 2.45) is 0 Å². The Hall–Kier alpha value is -0.830. The van der Waals surface area contributed by atoms with Crippen LogP contribution in [0.15, 0.2) is 12.2 Å². The zero-order chi connectivity index (χ0) is 13.0. The molecule has 0 amide bonds. The summed E-state index contributed by atoms with van der Waals surface area (Å²) in [4.78, 5) is 11.5. The number of ether oxygens (including phenoxy) is 1. The van der Waals surface area contributed by atoms with Crippen molar-refractivity contribution in [3.05, 3.63) is 12.2 Å². The fourth-order valence-corrected chi connectivity index (χ4v) is 1.43. The molecule has 0 radical (unpaired) electrons. The molecule has 98 valence electrons. The second kappa shape index (κ2) is 6.20. The molecule has 0 aliphatic carbocycles. The Balaban J connectivity index is 2.59. The Kier molecular flexibility index (Phi) is 5.19. The highest BCUT2D eigenvalue weighted by molar-refractivity contribution is 5.88. The highest BCUT2D eigenvalue weighted by atomic mass is 16.5. The molecule has 0 aromatic carbocycles. The highest BCUT2D eigenvalue weighted by Gasteiger charge is 2.37. The third-order valence-electron chi connectivity index (χ3n) is 2.51. The molecule has 1 heterocycles. The van der Waals surface area contributed by atoms with Gasteiger partial charge in [0.2, 0.25) is 0 Å². The van der Waals surface area contributed by atoms with Crippen molar-refractivity contribution in [3.63, 3.8) is 0 Å². The van der Waals surface area contributed by atoms with Crippen LogP contribution in [0.2, 0.25) is 0 Å². The maximum atomic E-state index is 11.5. The summed E-state index contributed by atoms with van der Waals surface area (Å²) in [6.45, 7) is -0.547. The van der Waals surface area contributed by atoms with E-state index in [4.69, 9.17) is 14.9 Å². The number of Topliss-reactive ketones (excluding diaryl/α,β-unsaturated/α-hetero) is 1. The van der Waals surface area contributed by atoms with Crippen LogP contribution in [0.4, 0.5) is 0 Å². The molecule has 7 heteroatoms. The fraction of sp³-hybridized carbons (Fsp3) is 0.700. The molecule has 1 rings (SSSR count). The summed E-state index contributed by atoms with van der Waals surface area (Å²) in [5.74, 6) is -1.07. The van der Waals surface area contributed by atoms with E-state index in [1.54, 1.807) is 6.08 Å². The molecule has 0 saturated heterocycles. The molecule has 1 aliphatic rings. The van der Waals surface area contributed by atoms with Gasteiger partial charge in [-0.1, -0.05) is 12.2 Å². The van der Waals surface area contributed by atoms with Crippen LogP contribution in [0.3, 0.4) is 0 Å². The monoisotopic (exact) mass is 248 g/mol. The normalized spacial score (nSPS) is 26.5. The molecule has 0 aromatic heterocycles. The first kappa shape index (κ1) is 14.2. The number of hydrogen-bond donors (Lipinski definition) is 5. The predicted octanol–water partition coefficient (Wildman–Crippen LogP) is -3.05. The Morgan fingerprint density at radius 2 is 2.00 bits per heavy atom. The van der Waals surface area contributed by atoms with Gasteiger partial charge in [-0.3, -0.25) is 4.79 Å². The van der Waals surface area contributed by atoms with E-state index in [1.165, 1.54) is 6.08 Å². The van der Waals surface area contributed by atoms with Crippen molar-refractivity contribution >= 4 is 5.78 Å². The van der Waals surface area contributed by atoms with E-state index in [1.807, 2.05) is 0 Å². The second-order valence-electron chi connectivity index (χ2n) is 3.76. The van der Waals surface area contributed by atoms with Crippen molar-refractivity contribution in [2.75, 3.05) is 13.2 Å². The maximum Gasteiger partial charge on any atom is 0.195 e. The van der Waals surface area contributed by atoms with E-state index < -0.39 is 42.9 Å². The highest BCUT2D eigenvalue weighted by Crippen LogP contribution is 2.12. The standard InChI is InChI=1S/C10H16O7/c11-4-5(12)7(13)9(15)10(16)8(14)6-2-1-3-17-6/h1-2,5-9,11-15H,3-4H2/t5-,6?,7-,8?,9+/m1/s1. The Labute approximate surface area is 97.6 Å². The van der Waals surface area contributed by atoms with Crippen molar-refractivity contribution in [2.45, 2.75) is 30.5 Å². The van der Waals surface area contributed by atoms with Gasteiger partial charge in [0.1, 0.15) is 30.5 Å². The first-order valence-corrected chi connectivity index (χ1v) is 5.14. The van der Waals surface area contributed by atoms with Crippen LogP contribution < -0.4 is 0 Å². The van der Waals surface area contributed by atoms with Crippen molar-refractivity contribution in [1.29, 1.82) is 0 Å². The minimum absolute atomic E-state index is 0.257. The smallest absolute Gasteiger partial charge is 0.195 e. The van der Waals surface area contributed by atoms with E-state index in [-0.39, 0.29) is 6.61 Å². The molecule has 1 aliphatic heterocycles. The van der Waals surface area contributed by atoms with Gasteiger partial charge in [-0.25, -0.2) is 0 Å². The zero-order valence-electron chi connectivity index (χ0n) is 9.01. The third-order valence-corrected chi connectivity index (χ3v) is 2.51. The number of carbonyl (C=O) groups is 1. The maximum absolute atomic E-state index is 11.5. The number of aliphatic hydroxyl groups excluding tert-OH is 5. The molecule has 0 fully saturated rings. The van der Waals surface area contributed by atoms with Gasteiger partial charge in [0, 0.05) is 0 Å². The lowest BCUT2D eigenvalue weighted by Crippen LogP contribution is -2.49. The molecular formula is C10H16O7. The van der Waals surface area contributed by atoms with Crippen LogP contribution in [0.1, 0.15) is 0 Å². The molecule has 0 bridgehead atoms. The minimum atomic E-state index is -1.98. The topological polar surface area (TPSA) is 127 Å². The van der Waals surface area contributed by atoms with Gasteiger partial charge in [0.25, 0.3) is 0 Å². The van der Waals surface area contributed by atoms with Crippen molar-refractivity contribution < 1.29 is 35.1 Å². The molecule has 5 atom stereocenters. The molecular weight excluding hydrogens is 232 g/mol. The van der Waals surface area contributed by atoms with Gasteiger partial charge >= 0.3 is 0 Å². The summed E-state index contributed by atoms with van der Waals surface area (Å²) in [6, 6.07) is 0. The van der Waals surface area contributed by atoms with E-state index in [2.05, 4.69) is 0 Å². The van der Waals surface area contributed by atoms with Gasteiger partial charge < -0.3 is 30.3 Å². The summed E-state index contributed by atoms with van der Waals surface area (Å²) in [5, 5.41) is 45.9. The molecule has 17 heavy (non-hydrogen) atoms. The summed E-state index contributed by atoms with van der Waals surface area (Å²) >= 11 is 0. The number of carbonyl (C=O) groups excluding carboxylic acids is 1. The summed E-state index contributed by atoms with van der Waals surface area (Å²) in [6.07, 6.45) is -4.91. The van der Waals surface area contributed by atoms with Crippen molar-refractivity contribution in [1.82, 2.24) is 0 Å². The van der Waals surface area contributed by atoms with E-state index >= 15 is 0 Å². The molecule has 0 spiro atoms. The largest absolute Gasteiger partial charge is 0.394 e. The Bertz CT molecular complexity index is 290. The van der Waals surface area contributed by atoms with Gasteiger partial charge in [-0.05, 0) is 0 Å². The lowest BCUT2D eigenvalue weighted by atomic mass is 9.98. The van der Waals surface area contributed by atoms with E-state index in [9.17, 15) is 20.1 Å². The first-order valence-electron chi connectivity index (χ1n) is 5.14.